The van der Waals surface area contributed by atoms with Crippen molar-refractivity contribution in [2.45, 2.75) is 50.4 Å². The lowest BCUT2D eigenvalue weighted by Gasteiger charge is -2.45. The number of anilines is 1. The van der Waals surface area contributed by atoms with Crippen molar-refractivity contribution in [3.8, 4) is 5.75 Å². The average molecular weight is 453 g/mol. The fraction of sp³-hybridized carbons (Fsp3) is 0.419. The maximum Gasteiger partial charge on any atom is 0.115 e. The van der Waals surface area contributed by atoms with Crippen LogP contribution in [0.5, 0.6) is 5.75 Å². The third kappa shape index (κ3) is 4.11. The fourth-order valence-corrected chi connectivity index (χ4v) is 6.87. The Bertz CT molecular complexity index is 1110. The second-order valence-electron chi connectivity index (χ2n) is 10.7. The van der Waals surface area contributed by atoms with E-state index in [1.165, 1.54) is 79.8 Å². The van der Waals surface area contributed by atoms with Gasteiger partial charge in [-0.05, 0) is 109 Å². The minimum absolute atomic E-state index is 0.320. The lowest BCUT2D eigenvalue weighted by molar-refractivity contribution is 0.155. The highest BCUT2D eigenvalue weighted by molar-refractivity contribution is 5.52. The molecule has 1 spiro atoms. The molecule has 0 saturated carbocycles. The zero-order valence-corrected chi connectivity index (χ0v) is 20.0. The lowest BCUT2D eigenvalue weighted by Crippen LogP contribution is -2.45. The van der Waals surface area contributed by atoms with E-state index in [0.29, 0.717) is 23.0 Å². The molecule has 3 nitrogen and oxygen atoms in total. The summed E-state index contributed by atoms with van der Waals surface area (Å²) < 4.78 is 0. The largest absolute Gasteiger partial charge is 0.508 e. The number of nitrogens with zero attached hydrogens (tertiary/aromatic N) is 1. The van der Waals surface area contributed by atoms with Gasteiger partial charge in [-0.2, -0.15) is 0 Å². The summed E-state index contributed by atoms with van der Waals surface area (Å²) in [5, 5.41) is 13.6. The molecule has 6 rings (SSSR count). The van der Waals surface area contributed by atoms with Crippen LogP contribution in [-0.4, -0.2) is 31.3 Å². The summed E-state index contributed by atoms with van der Waals surface area (Å²) >= 11 is 0. The van der Waals surface area contributed by atoms with Crippen LogP contribution in [0.15, 0.2) is 72.8 Å². The first-order chi connectivity index (χ1) is 16.7. The minimum atomic E-state index is 0.320. The molecular formula is C31H36N2O. The number of rotatable bonds is 3. The molecule has 2 saturated heterocycles. The van der Waals surface area contributed by atoms with Gasteiger partial charge >= 0.3 is 0 Å². The molecule has 1 unspecified atom stereocenters. The van der Waals surface area contributed by atoms with Gasteiger partial charge in [0.25, 0.3) is 0 Å². The molecule has 0 aromatic heterocycles. The Labute approximate surface area is 203 Å². The first-order valence-electron chi connectivity index (χ1n) is 13.1. The van der Waals surface area contributed by atoms with Gasteiger partial charge in [0.05, 0.1) is 0 Å². The van der Waals surface area contributed by atoms with Gasteiger partial charge in [0.15, 0.2) is 0 Å². The van der Waals surface area contributed by atoms with Crippen LogP contribution in [0.1, 0.15) is 66.2 Å². The molecule has 34 heavy (non-hydrogen) atoms. The summed E-state index contributed by atoms with van der Waals surface area (Å²) in [7, 11) is 0. The van der Waals surface area contributed by atoms with Crippen molar-refractivity contribution in [1.82, 2.24) is 5.32 Å². The number of aryl methyl sites for hydroxylation is 1. The van der Waals surface area contributed by atoms with Crippen LogP contribution in [0.2, 0.25) is 0 Å². The van der Waals surface area contributed by atoms with E-state index in [2.05, 4.69) is 70.9 Å². The monoisotopic (exact) mass is 452 g/mol. The first kappa shape index (κ1) is 21.7. The van der Waals surface area contributed by atoms with Crippen molar-refractivity contribution in [1.29, 1.82) is 0 Å². The molecule has 2 aliphatic heterocycles. The standard InChI is InChI=1S/C31H36N2O/c34-27-11-13-29-25(22-27)8-12-28(23-4-2-1-3-5-23)30(29)24-6-9-26(10-7-24)33-20-16-31(17-21-33)14-18-32-19-15-31/h1-7,9-11,13,22,28,30,32,34H,8,12,14-21H2/t28-,30?/m1/s1. The van der Waals surface area contributed by atoms with Crippen LogP contribution in [0.25, 0.3) is 0 Å². The highest BCUT2D eigenvalue weighted by Gasteiger charge is 2.36. The molecule has 2 N–H and O–H groups in total. The Hall–Kier alpha value is -2.78. The van der Waals surface area contributed by atoms with Gasteiger partial charge in [-0.1, -0.05) is 48.5 Å². The average Bonchev–Trinajstić information content (AvgIpc) is 2.89. The summed E-state index contributed by atoms with van der Waals surface area (Å²) in [6.07, 6.45) is 7.46. The van der Waals surface area contributed by atoms with E-state index in [9.17, 15) is 5.11 Å². The van der Waals surface area contributed by atoms with E-state index < -0.39 is 0 Å². The van der Waals surface area contributed by atoms with E-state index in [4.69, 9.17) is 0 Å². The van der Waals surface area contributed by atoms with E-state index >= 15 is 0 Å². The van der Waals surface area contributed by atoms with Gasteiger partial charge < -0.3 is 15.3 Å². The first-order valence-corrected chi connectivity index (χ1v) is 13.1. The predicted octanol–water partition coefficient (Wildman–Crippen LogP) is 6.22. The lowest BCUT2D eigenvalue weighted by atomic mass is 9.69. The van der Waals surface area contributed by atoms with Crippen molar-refractivity contribution in [2.24, 2.45) is 5.41 Å². The summed E-state index contributed by atoms with van der Waals surface area (Å²) in [6, 6.07) is 26.4. The SMILES string of the molecule is Oc1ccc2c(c1)CC[C@H](c1ccccc1)C2c1ccc(N2CCC3(CCNCC3)CC2)cc1. The molecule has 3 aromatic carbocycles. The smallest absolute Gasteiger partial charge is 0.115 e. The second kappa shape index (κ2) is 9.11. The van der Waals surface area contributed by atoms with Gasteiger partial charge in [-0.15, -0.1) is 0 Å². The summed E-state index contributed by atoms with van der Waals surface area (Å²) in [5.74, 6) is 1.15. The second-order valence-corrected chi connectivity index (χ2v) is 10.7. The number of nitrogens with one attached hydrogen (secondary N) is 1. The van der Waals surface area contributed by atoms with Crippen LogP contribution in [0.3, 0.4) is 0 Å². The quantitative estimate of drug-likeness (QED) is 0.495. The molecule has 0 radical (unpaired) electrons. The Morgan fingerprint density at radius 1 is 0.794 bits per heavy atom. The van der Waals surface area contributed by atoms with Crippen molar-refractivity contribution < 1.29 is 5.11 Å². The summed E-state index contributed by atoms with van der Waals surface area (Å²) in [5.41, 5.74) is 7.42. The van der Waals surface area contributed by atoms with E-state index in [1.807, 2.05) is 12.1 Å². The molecule has 1 aliphatic carbocycles. The van der Waals surface area contributed by atoms with Crippen molar-refractivity contribution >= 4 is 5.69 Å². The van der Waals surface area contributed by atoms with Gasteiger partial charge in [-0.3, -0.25) is 0 Å². The molecule has 3 aromatic rings. The Morgan fingerprint density at radius 2 is 1.53 bits per heavy atom. The third-order valence-corrected chi connectivity index (χ3v) is 8.92. The molecule has 3 aliphatic rings. The Kier molecular flexibility index (Phi) is 5.82. The molecular weight excluding hydrogens is 416 g/mol. The molecule has 2 heterocycles. The van der Waals surface area contributed by atoms with Crippen LogP contribution >= 0.6 is 0 Å². The Morgan fingerprint density at radius 3 is 2.26 bits per heavy atom. The number of aromatic hydroxyl groups is 1. The van der Waals surface area contributed by atoms with Gasteiger partial charge in [0, 0.05) is 24.7 Å². The van der Waals surface area contributed by atoms with E-state index in [1.54, 1.807) is 0 Å². The fourth-order valence-electron chi connectivity index (χ4n) is 6.87. The van der Waals surface area contributed by atoms with Gasteiger partial charge in [-0.25, -0.2) is 0 Å². The number of piperidine rings is 2. The number of benzene rings is 3. The number of hydrogen-bond donors (Lipinski definition) is 2. The van der Waals surface area contributed by atoms with Crippen LogP contribution in [0.4, 0.5) is 5.69 Å². The van der Waals surface area contributed by atoms with Crippen molar-refractivity contribution in [3.05, 3.63) is 95.1 Å². The summed E-state index contributed by atoms with van der Waals surface area (Å²) in [4.78, 5) is 2.60. The van der Waals surface area contributed by atoms with Crippen LogP contribution in [-0.2, 0) is 6.42 Å². The maximum absolute atomic E-state index is 10.1. The molecule has 2 atom stereocenters. The summed E-state index contributed by atoms with van der Waals surface area (Å²) in [6.45, 7) is 4.74. The van der Waals surface area contributed by atoms with Crippen LogP contribution < -0.4 is 10.2 Å². The number of phenolic OH excluding ortho intramolecular Hbond substituents is 1. The Balaban J connectivity index is 1.27. The number of fused-ring (bicyclic) bond motifs is 1. The highest BCUT2D eigenvalue weighted by Crippen LogP contribution is 2.47. The molecule has 176 valence electrons. The van der Waals surface area contributed by atoms with Gasteiger partial charge in [0.2, 0.25) is 0 Å². The zero-order valence-electron chi connectivity index (χ0n) is 20.0. The highest BCUT2D eigenvalue weighted by atomic mass is 16.3. The molecule has 0 amide bonds. The van der Waals surface area contributed by atoms with Crippen molar-refractivity contribution in [2.75, 3.05) is 31.1 Å². The van der Waals surface area contributed by atoms with E-state index in [0.717, 1.165) is 12.8 Å². The zero-order chi connectivity index (χ0) is 23.0. The molecule has 2 fully saturated rings. The predicted molar refractivity (Wildman–Crippen MR) is 140 cm³/mol. The number of phenols is 1. The normalized spacial score (nSPS) is 24.1. The van der Waals surface area contributed by atoms with Gasteiger partial charge in [0.1, 0.15) is 5.75 Å². The molecule has 3 heteroatoms. The van der Waals surface area contributed by atoms with Crippen molar-refractivity contribution in [3.63, 3.8) is 0 Å². The van der Waals surface area contributed by atoms with Crippen LogP contribution in [0, 0.1) is 5.41 Å². The third-order valence-electron chi connectivity index (χ3n) is 8.92. The van der Waals surface area contributed by atoms with E-state index in [-0.39, 0.29) is 0 Å². The maximum atomic E-state index is 10.1. The topological polar surface area (TPSA) is 35.5 Å². The number of hydrogen-bond acceptors (Lipinski definition) is 3. The minimum Gasteiger partial charge on any atom is -0.508 e. The molecule has 0 bridgehead atoms.